The van der Waals surface area contributed by atoms with Gasteiger partial charge in [0.15, 0.2) is 5.76 Å². The van der Waals surface area contributed by atoms with Gasteiger partial charge >= 0.3 is 0 Å². The van der Waals surface area contributed by atoms with Crippen LogP contribution >= 0.6 is 0 Å². The van der Waals surface area contributed by atoms with Crippen LogP contribution in [0.5, 0.6) is 0 Å². The number of aromatic nitrogens is 2. The molecular weight excluding hydrogens is 356 g/mol. The van der Waals surface area contributed by atoms with Gasteiger partial charge in [0.1, 0.15) is 5.82 Å². The molecule has 1 amide bonds. The Morgan fingerprint density at radius 1 is 1.27 bits per heavy atom. The van der Waals surface area contributed by atoms with Gasteiger partial charge in [-0.15, -0.1) is 0 Å². The van der Waals surface area contributed by atoms with Crippen LogP contribution < -0.4 is 10.0 Å². The summed E-state index contributed by atoms with van der Waals surface area (Å²) < 4.78 is 30.6. The first-order valence-corrected chi connectivity index (χ1v) is 9.79. The number of imidazole rings is 1. The summed E-state index contributed by atoms with van der Waals surface area (Å²) in [6, 6.07) is 7.95. The predicted molar refractivity (Wildman–Crippen MR) is 95.6 cm³/mol. The van der Waals surface area contributed by atoms with E-state index in [1.807, 2.05) is 6.07 Å². The molecule has 0 unspecified atom stereocenters. The highest BCUT2D eigenvalue weighted by atomic mass is 32.2. The van der Waals surface area contributed by atoms with Crippen molar-refractivity contribution >= 4 is 32.7 Å². The van der Waals surface area contributed by atoms with Crippen LogP contribution in [0, 0.1) is 0 Å². The highest BCUT2D eigenvalue weighted by Crippen LogP contribution is 2.35. The van der Waals surface area contributed by atoms with Crippen LogP contribution in [0.4, 0.5) is 5.69 Å². The number of nitrogens with zero attached hydrogens (tertiary/aromatic N) is 1. The summed E-state index contributed by atoms with van der Waals surface area (Å²) in [4.78, 5) is 20.2. The maximum atomic E-state index is 12.3. The number of nitrogens with one attached hydrogen (secondary N) is 3. The molecule has 2 aromatic heterocycles. The lowest BCUT2D eigenvalue weighted by Gasteiger charge is -2.22. The van der Waals surface area contributed by atoms with E-state index in [9.17, 15) is 13.2 Å². The Labute approximate surface area is 150 Å². The highest BCUT2D eigenvalue weighted by molar-refractivity contribution is 7.89. The second kappa shape index (κ2) is 6.26. The Morgan fingerprint density at radius 2 is 2.08 bits per heavy atom. The van der Waals surface area contributed by atoms with Crippen LogP contribution in [0.25, 0.3) is 11.0 Å². The molecule has 0 aliphatic heterocycles. The Hall–Kier alpha value is -2.65. The number of carbonyl (C=O) groups is 1. The second-order valence-electron chi connectivity index (χ2n) is 6.26. The van der Waals surface area contributed by atoms with Crippen molar-refractivity contribution in [2.75, 3.05) is 12.4 Å². The number of aromatic amines is 1. The van der Waals surface area contributed by atoms with Crippen molar-refractivity contribution < 1.29 is 17.6 Å². The summed E-state index contributed by atoms with van der Waals surface area (Å²) in [5.41, 5.74) is 2.27. The smallest absolute Gasteiger partial charge is 0.291 e. The Bertz CT molecular complexity index is 1080. The van der Waals surface area contributed by atoms with E-state index in [2.05, 4.69) is 20.0 Å². The van der Waals surface area contributed by atoms with E-state index in [0.29, 0.717) is 11.6 Å². The van der Waals surface area contributed by atoms with Crippen molar-refractivity contribution in [3.63, 3.8) is 0 Å². The Balaban J connectivity index is 1.54. The largest absolute Gasteiger partial charge is 0.438 e. The van der Waals surface area contributed by atoms with Gasteiger partial charge < -0.3 is 14.7 Å². The molecule has 3 aromatic rings. The summed E-state index contributed by atoms with van der Waals surface area (Å²) in [7, 11) is -2.45. The number of benzene rings is 1. The molecule has 26 heavy (non-hydrogen) atoms. The minimum absolute atomic E-state index is 0.0845. The van der Waals surface area contributed by atoms with Crippen molar-refractivity contribution in [3.05, 3.63) is 41.9 Å². The van der Waals surface area contributed by atoms with Gasteiger partial charge in [0.2, 0.25) is 5.09 Å². The van der Waals surface area contributed by atoms with Crippen molar-refractivity contribution in [1.82, 2.24) is 14.7 Å². The van der Waals surface area contributed by atoms with Gasteiger partial charge in [-0.05, 0) is 50.2 Å². The van der Waals surface area contributed by atoms with Gasteiger partial charge in [-0.1, -0.05) is 6.42 Å². The fourth-order valence-electron chi connectivity index (χ4n) is 2.86. The van der Waals surface area contributed by atoms with E-state index in [1.165, 1.54) is 25.6 Å². The number of anilines is 1. The van der Waals surface area contributed by atoms with E-state index in [4.69, 9.17) is 4.42 Å². The lowest BCUT2D eigenvalue weighted by molar-refractivity contribution is 0.0991. The van der Waals surface area contributed by atoms with Crippen molar-refractivity contribution in [2.45, 2.75) is 30.3 Å². The molecule has 1 aliphatic carbocycles. The minimum Gasteiger partial charge on any atom is -0.438 e. The molecule has 0 atom stereocenters. The first kappa shape index (κ1) is 16.8. The molecule has 136 valence electrons. The second-order valence-corrected chi connectivity index (χ2v) is 8.08. The SMILES string of the molecule is CNS(=O)(=O)c1ccc(C(=O)Nc2ccc3nc(C4CCC4)[nH]c3c2)o1. The van der Waals surface area contributed by atoms with Gasteiger partial charge in [-0.3, -0.25) is 4.79 Å². The highest BCUT2D eigenvalue weighted by Gasteiger charge is 2.23. The number of hydrogen-bond acceptors (Lipinski definition) is 5. The van der Waals surface area contributed by atoms with Crippen LogP contribution in [-0.2, 0) is 10.0 Å². The zero-order valence-electron chi connectivity index (χ0n) is 14.1. The van der Waals surface area contributed by atoms with Crippen LogP contribution in [0.2, 0.25) is 0 Å². The van der Waals surface area contributed by atoms with Gasteiger partial charge in [0.05, 0.1) is 11.0 Å². The van der Waals surface area contributed by atoms with Crippen molar-refractivity contribution in [2.24, 2.45) is 0 Å². The number of fused-ring (bicyclic) bond motifs is 1. The summed E-state index contributed by atoms with van der Waals surface area (Å²) in [6.45, 7) is 0. The van der Waals surface area contributed by atoms with Crippen LogP contribution in [0.15, 0.2) is 39.8 Å². The summed E-state index contributed by atoms with van der Waals surface area (Å²) in [5, 5.41) is 2.40. The molecule has 3 N–H and O–H groups in total. The normalized spacial score (nSPS) is 15.1. The molecule has 1 aliphatic rings. The molecule has 9 heteroatoms. The fourth-order valence-corrected chi connectivity index (χ4v) is 3.51. The first-order valence-electron chi connectivity index (χ1n) is 8.31. The first-order chi connectivity index (χ1) is 12.5. The predicted octanol–water partition coefficient (Wildman–Crippen LogP) is 2.58. The fraction of sp³-hybridized carbons (Fsp3) is 0.294. The summed E-state index contributed by atoms with van der Waals surface area (Å²) in [5.74, 6) is 0.873. The van der Waals surface area contributed by atoms with E-state index in [1.54, 1.807) is 12.1 Å². The zero-order chi connectivity index (χ0) is 18.3. The monoisotopic (exact) mass is 374 g/mol. The molecule has 0 spiro atoms. The third kappa shape index (κ3) is 2.99. The number of carbonyl (C=O) groups excluding carboxylic acids is 1. The van der Waals surface area contributed by atoms with Gasteiger partial charge in [-0.2, -0.15) is 0 Å². The van der Waals surface area contributed by atoms with Crippen molar-refractivity contribution in [1.29, 1.82) is 0 Å². The molecule has 1 fully saturated rings. The third-order valence-electron chi connectivity index (χ3n) is 4.59. The molecular formula is C17H18N4O4S. The van der Waals surface area contributed by atoms with Crippen molar-refractivity contribution in [3.8, 4) is 0 Å². The molecule has 8 nitrogen and oxygen atoms in total. The molecule has 0 radical (unpaired) electrons. The van der Waals surface area contributed by atoms with E-state index in [0.717, 1.165) is 29.7 Å². The number of amides is 1. The van der Waals surface area contributed by atoms with E-state index < -0.39 is 15.9 Å². The Morgan fingerprint density at radius 3 is 2.77 bits per heavy atom. The van der Waals surface area contributed by atoms with Crippen LogP contribution in [0.3, 0.4) is 0 Å². The van der Waals surface area contributed by atoms with E-state index in [-0.39, 0.29) is 10.9 Å². The minimum atomic E-state index is -3.72. The average Bonchev–Trinajstić information content (AvgIpc) is 3.20. The van der Waals surface area contributed by atoms with Crippen LogP contribution in [0.1, 0.15) is 41.6 Å². The maximum absolute atomic E-state index is 12.3. The Kier molecular flexibility index (Phi) is 4.04. The molecule has 2 heterocycles. The number of sulfonamides is 1. The van der Waals surface area contributed by atoms with Gasteiger partial charge in [-0.25, -0.2) is 18.1 Å². The standard InChI is InChI=1S/C17H18N4O4S/c1-18-26(23,24)15-8-7-14(25-15)17(22)19-11-5-6-12-13(9-11)21-16(20-12)10-3-2-4-10/h5-10,18H,2-4H2,1H3,(H,19,22)(H,20,21). The number of furan rings is 1. The average molecular weight is 374 g/mol. The lowest BCUT2D eigenvalue weighted by Crippen LogP contribution is -2.18. The van der Waals surface area contributed by atoms with Crippen LogP contribution in [-0.4, -0.2) is 31.3 Å². The topological polar surface area (TPSA) is 117 Å². The molecule has 1 saturated carbocycles. The van der Waals surface area contributed by atoms with Gasteiger partial charge in [0, 0.05) is 11.6 Å². The van der Waals surface area contributed by atoms with E-state index >= 15 is 0 Å². The molecule has 0 saturated heterocycles. The zero-order valence-corrected chi connectivity index (χ0v) is 14.9. The molecule has 4 rings (SSSR count). The molecule has 0 bridgehead atoms. The maximum Gasteiger partial charge on any atom is 0.291 e. The molecule has 1 aromatic carbocycles. The number of H-pyrrole nitrogens is 1. The summed E-state index contributed by atoms with van der Waals surface area (Å²) >= 11 is 0. The summed E-state index contributed by atoms with van der Waals surface area (Å²) in [6.07, 6.45) is 3.54. The number of rotatable bonds is 5. The lowest BCUT2D eigenvalue weighted by atomic mass is 9.85. The van der Waals surface area contributed by atoms with Gasteiger partial charge in [0.25, 0.3) is 15.9 Å². The number of hydrogen-bond donors (Lipinski definition) is 3. The third-order valence-corrected chi connectivity index (χ3v) is 5.88. The quantitative estimate of drug-likeness (QED) is 0.634.